The molecule has 0 rings (SSSR count). The fourth-order valence-corrected chi connectivity index (χ4v) is 3.03. The predicted molar refractivity (Wildman–Crippen MR) is 118 cm³/mol. The molecule has 5 atom stereocenters. The highest BCUT2D eigenvalue weighted by molar-refractivity contribution is 7.98. The maximum absolute atomic E-state index is 12.7. The van der Waals surface area contributed by atoms with E-state index in [0.717, 1.165) is 0 Å². The van der Waals surface area contributed by atoms with Crippen LogP contribution in [0.15, 0.2) is 0 Å². The number of carboxylic acids is 1. The van der Waals surface area contributed by atoms with E-state index in [1.807, 2.05) is 0 Å². The van der Waals surface area contributed by atoms with E-state index in [-0.39, 0.29) is 19.3 Å². The number of rotatable bonds is 16. The second kappa shape index (κ2) is 15.0. The summed E-state index contributed by atoms with van der Waals surface area (Å²) in [6, 6.07) is -5.58. The molecule has 15 heteroatoms. The molecule has 0 aliphatic heterocycles. The van der Waals surface area contributed by atoms with E-state index in [4.69, 9.17) is 17.2 Å². The Balaban J connectivity index is 5.45. The van der Waals surface area contributed by atoms with Crippen molar-refractivity contribution < 1.29 is 39.0 Å². The van der Waals surface area contributed by atoms with Crippen LogP contribution >= 0.6 is 11.8 Å². The summed E-state index contributed by atoms with van der Waals surface area (Å²) in [7, 11) is 0. The second-order valence-electron chi connectivity index (χ2n) is 7.25. The Morgan fingerprint density at radius 1 is 0.879 bits per heavy atom. The third-order valence-electron chi connectivity index (χ3n) is 4.36. The van der Waals surface area contributed by atoms with Gasteiger partial charge in [-0.2, -0.15) is 11.8 Å². The van der Waals surface area contributed by atoms with E-state index in [2.05, 4.69) is 16.0 Å². The van der Waals surface area contributed by atoms with Crippen molar-refractivity contribution in [3.05, 3.63) is 0 Å². The molecule has 0 aliphatic rings. The highest BCUT2D eigenvalue weighted by Crippen LogP contribution is 2.05. The summed E-state index contributed by atoms with van der Waals surface area (Å²) in [6.45, 7) is 1.20. The van der Waals surface area contributed by atoms with Gasteiger partial charge in [-0.15, -0.1) is 0 Å². The summed E-state index contributed by atoms with van der Waals surface area (Å²) in [5.74, 6) is -5.31. The van der Waals surface area contributed by atoms with Gasteiger partial charge < -0.3 is 43.4 Å². The third kappa shape index (κ3) is 12.1. The van der Waals surface area contributed by atoms with Crippen LogP contribution in [-0.4, -0.2) is 88.0 Å². The summed E-state index contributed by atoms with van der Waals surface area (Å²) in [6.07, 6.45) is -0.650. The molecule has 0 heterocycles. The molecule has 188 valence electrons. The van der Waals surface area contributed by atoms with Crippen LogP contribution in [0.2, 0.25) is 0 Å². The predicted octanol–water partition coefficient (Wildman–Crippen LogP) is -3.87. The van der Waals surface area contributed by atoms with E-state index in [0.29, 0.717) is 5.75 Å². The highest BCUT2D eigenvalue weighted by Gasteiger charge is 2.32. The Morgan fingerprint density at radius 3 is 1.91 bits per heavy atom. The third-order valence-corrected chi connectivity index (χ3v) is 5.00. The average Bonchev–Trinajstić information content (AvgIpc) is 2.70. The van der Waals surface area contributed by atoms with Crippen LogP contribution in [0.25, 0.3) is 0 Å². The maximum Gasteiger partial charge on any atom is 0.326 e. The molecular formula is C18H32N6O8S. The molecule has 0 saturated heterocycles. The normalized spacial score (nSPS) is 15.3. The Kier molecular flexibility index (Phi) is 13.7. The molecule has 0 aromatic heterocycles. The first kappa shape index (κ1) is 30.1. The van der Waals surface area contributed by atoms with Crippen molar-refractivity contribution in [3.8, 4) is 0 Å². The number of aliphatic hydroxyl groups excluding tert-OH is 1. The molecule has 14 nitrogen and oxygen atoms in total. The van der Waals surface area contributed by atoms with Gasteiger partial charge in [0.25, 0.3) is 0 Å². The number of aliphatic carboxylic acids is 1. The lowest BCUT2D eigenvalue weighted by atomic mass is 10.1. The van der Waals surface area contributed by atoms with E-state index >= 15 is 0 Å². The number of carbonyl (C=O) groups excluding carboxylic acids is 5. The van der Waals surface area contributed by atoms with E-state index < -0.39 is 72.2 Å². The lowest BCUT2D eigenvalue weighted by molar-refractivity contribution is -0.143. The second-order valence-corrected chi connectivity index (χ2v) is 8.24. The fourth-order valence-electron chi connectivity index (χ4n) is 2.56. The number of aliphatic hydroxyl groups is 1. The number of carboxylic acid groups (broad SMARTS) is 1. The number of nitrogens with two attached hydrogens (primary N) is 3. The number of carbonyl (C=O) groups is 6. The summed E-state index contributed by atoms with van der Waals surface area (Å²) in [5.41, 5.74) is 15.6. The van der Waals surface area contributed by atoms with Crippen LogP contribution in [0.3, 0.4) is 0 Å². The van der Waals surface area contributed by atoms with Gasteiger partial charge in [-0.1, -0.05) is 0 Å². The van der Waals surface area contributed by atoms with Gasteiger partial charge in [0.05, 0.1) is 18.6 Å². The lowest BCUT2D eigenvalue weighted by Gasteiger charge is -2.26. The maximum atomic E-state index is 12.7. The van der Waals surface area contributed by atoms with Crippen LogP contribution in [0.4, 0.5) is 0 Å². The van der Waals surface area contributed by atoms with Crippen LogP contribution in [0, 0.1) is 0 Å². The van der Waals surface area contributed by atoms with Crippen molar-refractivity contribution in [1.82, 2.24) is 16.0 Å². The van der Waals surface area contributed by atoms with Crippen molar-refractivity contribution in [2.24, 2.45) is 17.2 Å². The molecule has 0 aromatic carbocycles. The zero-order valence-corrected chi connectivity index (χ0v) is 19.2. The van der Waals surface area contributed by atoms with Crippen LogP contribution in [0.5, 0.6) is 0 Å². The first-order valence-corrected chi connectivity index (χ1v) is 11.3. The van der Waals surface area contributed by atoms with Crippen LogP contribution < -0.4 is 33.2 Å². The van der Waals surface area contributed by atoms with Crippen molar-refractivity contribution >= 4 is 47.3 Å². The van der Waals surface area contributed by atoms with E-state index in [1.165, 1.54) is 18.7 Å². The van der Waals surface area contributed by atoms with Crippen molar-refractivity contribution in [3.63, 3.8) is 0 Å². The number of nitrogens with one attached hydrogen (secondary N) is 3. The van der Waals surface area contributed by atoms with Gasteiger partial charge in [0, 0.05) is 6.42 Å². The van der Waals surface area contributed by atoms with E-state index in [1.54, 1.807) is 6.26 Å². The Bertz CT molecular complexity index is 735. The molecule has 0 aliphatic carbocycles. The molecule has 33 heavy (non-hydrogen) atoms. The monoisotopic (exact) mass is 492 g/mol. The smallest absolute Gasteiger partial charge is 0.326 e. The lowest BCUT2D eigenvalue weighted by Crippen LogP contribution is -2.60. The number of primary amides is 2. The number of amides is 5. The average molecular weight is 493 g/mol. The quantitative estimate of drug-likeness (QED) is 0.104. The van der Waals surface area contributed by atoms with Gasteiger partial charge in [-0.3, -0.25) is 24.0 Å². The topological polar surface area (TPSA) is 257 Å². The Morgan fingerprint density at radius 2 is 1.45 bits per heavy atom. The molecule has 11 N–H and O–H groups in total. The fraction of sp³-hybridized carbons (Fsp3) is 0.667. The molecule has 0 fully saturated rings. The minimum atomic E-state index is -1.57. The molecule has 0 saturated carbocycles. The zero-order chi connectivity index (χ0) is 25.7. The van der Waals surface area contributed by atoms with Gasteiger partial charge >= 0.3 is 5.97 Å². The number of hydrogen-bond acceptors (Lipinski definition) is 9. The molecule has 5 amide bonds. The molecular weight excluding hydrogens is 460 g/mol. The Hall–Kier alpha value is -2.91. The van der Waals surface area contributed by atoms with Gasteiger partial charge in [-0.05, 0) is 31.8 Å². The van der Waals surface area contributed by atoms with E-state index in [9.17, 15) is 39.0 Å². The number of thioether (sulfide) groups is 1. The van der Waals surface area contributed by atoms with Gasteiger partial charge in [0.2, 0.25) is 29.5 Å². The SMILES string of the molecule is CSCCC(NC(=O)C(NC(=O)C(CCC(N)=O)NC(=O)C(N)CC(N)=O)C(C)O)C(=O)O. The summed E-state index contributed by atoms with van der Waals surface area (Å²) >= 11 is 1.37. The standard InChI is InChI=1S/C18H32N6O8S/c1-8(25)14(17(30)23-11(18(31)32)5-6-33-2)24-16(29)10(3-4-12(20)26)22-15(28)9(19)7-13(21)27/h8-11,14,25H,3-7,19H2,1-2H3,(H2,20,26)(H2,21,27)(H,22,28)(H,23,30)(H,24,29)(H,31,32). The van der Waals surface area contributed by atoms with Gasteiger partial charge in [0.15, 0.2) is 0 Å². The summed E-state index contributed by atoms with van der Waals surface area (Å²) in [4.78, 5) is 70.9. The van der Waals surface area contributed by atoms with Gasteiger partial charge in [-0.25, -0.2) is 4.79 Å². The minimum Gasteiger partial charge on any atom is -0.480 e. The van der Waals surface area contributed by atoms with Crippen molar-refractivity contribution in [1.29, 1.82) is 0 Å². The van der Waals surface area contributed by atoms with Gasteiger partial charge in [0.1, 0.15) is 18.1 Å². The minimum absolute atomic E-state index is 0.109. The number of hydrogen-bond donors (Lipinski definition) is 8. The summed E-state index contributed by atoms with van der Waals surface area (Å²) < 4.78 is 0. The van der Waals surface area contributed by atoms with Crippen LogP contribution in [-0.2, 0) is 28.8 Å². The van der Waals surface area contributed by atoms with Crippen molar-refractivity contribution in [2.45, 2.75) is 62.9 Å². The highest BCUT2D eigenvalue weighted by atomic mass is 32.2. The first-order chi connectivity index (χ1) is 15.3. The first-order valence-electron chi connectivity index (χ1n) is 9.93. The molecule has 0 bridgehead atoms. The summed E-state index contributed by atoms with van der Waals surface area (Å²) in [5, 5.41) is 26.0. The molecule has 0 spiro atoms. The Labute approximate surface area is 194 Å². The molecule has 5 unspecified atom stereocenters. The van der Waals surface area contributed by atoms with Crippen LogP contribution in [0.1, 0.15) is 32.6 Å². The largest absolute Gasteiger partial charge is 0.480 e. The molecule has 0 radical (unpaired) electrons. The zero-order valence-electron chi connectivity index (χ0n) is 18.4. The van der Waals surface area contributed by atoms with Crippen molar-refractivity contribution in [2.75, 3.05) is 12.0 Å². The molecule has 0 aromatic rings.